The van der Waals surface area contributed by atoms with Gasteiger partial charge < -0.3 is 14.3 Å². The van der Waals surface area contributed by atoms with Gasteiger partial charge in [-0.05, 0) is 31.5 Å². The molecule has 0 saturated carbocycles. The van der Waals surface area contributed by atoms with Crippen molar-refractivity contribution in [2.75, 3.05) is 19.7 Å². The summed E-state index contributed by atoms with van der Waals surface area (Å²) in [5.41, 5.74) is 1.86. The maximum Gasteiger partial charge on any atom is 0.267 e. The lowest BCUT2D eigenvalue weighted by Gasteiger charge is -2.30. The average Bonchev–Trinajstić information content (AvgIpc) is 3.07. The van der Waals surface area contributed by atoms with Crippen molar-refractivity contribution < 1.29 is 14.3 Å². The van der Waals surface area contributed by atoms with Crippen LogP contribution in [0.2, 0.25) is 0 Å². The summed E-state index contributed by atoms with van der Waals surface area (Å²) >= 11 is 0. The van der Waals surface area contributed by atoms with E-state index in [4.69, 9.17) is 9.15 Å². The number of β-amino-alcohol motifs (C(OH)–C–C–N with tert-alkyl or cyclic N) is 1. The van der Waals surface area contributed by atoms with Crippen LogP contribution < -0.4 is 5.56 Å². The van der Waals surface area contributed by atoms with E-state index < -0.39 is 6.10 Å². The number of aliphatic hydroxyl groups excluding tert-OH is 1. The molecule has 25 heavy (non-hydrogen) atoms. The zero-order valence-electron chi connectivity index (χ0n) is 14.7. The maximum absolute atomic E-state index is 12.1. The fraction of sp³-hybridized carbons (Fsp3) is 0.556. The number of hydrogen-bond acceptors (Lipinski definition) is 6. The molecule has 0 aromatic carbocycles. The van der Waals surface area contributed by atoms with Crippen LogP contribution in [0.25, 0.3) is 0 Å². The van der Waals surface area contributed by atoms with Crippen molar-refractivity contribution in [3.05, 3.63) is 51.8 Å². The molecule has 0 fully saturated rings. The number of fused-ring (bicyclic) bond motifs is 1. The molecule has 1 aliphatic rings. The molecule has 0 aliphatic carbocycles. The van der Waals surface area contributed by atoms with Gasteiger partial charge in [-0.2, -0.15) is 5.10 Å². The SMILES string of the molecule is CC(C)n1nc2c(cc1=O)CN(CC(O)COCc1ccco1)CC2. The highest BCUT2D eigenvalue weighted by atomic mass is 16.5. The molecule has 1 aliphatic heterocycles. The van der Waals surface area contributed by atoms with Crippen LogP contribution in [0.4, 0.5) is 0 Å². The van der Waals surface area contributed by atoms with Crippen molar-refractivity contribution in [1.82, 2.24) is 14.7 Å². The Balaban J connectivity index is 1.52. The molecule has 0 spiro atoms. The average molecular weight is 347 g/mol. The Hall–Kier alpha value is -1.96. The lowest BCUT2D eigenvalue weighted by Crippen LogP contribution is -2.40. The molecule has 2 aromatic heterocycles. The number of ether oxygens (including phenoxy) is 1. The Morgan fingerprint density at radius 1 is 1.44 bits per heavy atom. The predicted molar refractivity (Wildman–Crippen MR) is 92.2 cm³/mol. The molecule has 7 heteroatoms. The summed E-state index contributed by atoms with van der Waals surface area (Å²) in [6, 6.07) is 5.38. The van der Waals surface area contributed by atoms with E-state index >= 15 is 0 Å². The highest BCUT2D eigenvalue weighted by Crippen LogP contribution is 2.16. The van der Waals surface area contributed by atoms with E-state index in [2.05, 4.69) is 10.00 Å². The van der Waals surface area contributed by atoms with E-state index in [1.165, 1.54) is 4.68 Å². The van der Waals surface area contributed by atoms with Gasteiger partial charge in [0, 0.05) is 32.1 Å². The number of furan rings is 1. The molecular formula is C18H25N3O4. The zero-order valence-corrected chi connectivity index (χ0v) is 14.7. The minimum Gasteiger partial charge on any atom is -0.467 e. The predicted octanol–water partition coefficient (Wildman–Crippen LogP) is 1.35. The van der Waals surface area contributed by atoms with E-state index in [9.17, 15) is 9.90 Å². The third-order valence-electron chi connectivity index (χ3n) is 4.27. The number of hydrogen-bond donors (Lipinski definition) is 1. The third kappa shape index (κ3) is 4.56. The van der Waals surface area contributed by atoms with Gasteiger partial charge in [0.2, 0.25) is 0 Å². The molecule has 0 bridgehead atoms. The lowest BCUT2D eigenvalue weighted by molar-refractivity contribution is 0.00294. The molecule has 0 saturated heterocycles. The summed E-state index contributed by atoms with van der Waals surface area (Å²) in [6.45, 7) is 6.45. The van der Waals surface area contributed by atoms with Gasteiger partial charge in [0.15, 0.2) is 0 Å². The Bertz CT molecular complexity index is 739. The van der Waals surface area contributed by atoms with Crippen molar-refractivity contribution in [1.29, 1.82) is 0 Å². The van der Waals surface area contributed by atoms with Crippen molar-refractivity contribution in [3.8, 4) is 0 Å². The van der Waals surface area contributed by atoms with Crippen LogP contribution in [0.15, 0.2) is 33.7 Å². The van der Waals surface area contributed by atoms with Crippen LogP contribution in [-0.2, 0) is 24.3 Å². The van der Waals surface area contributed by atoms with Gasteiger partial charge in [-0.25, -0.2) is 4.68 Å². The molecular weight excluding hydrogens is 322 g/mol. The molecule has 1 N–H and O–H groups in total. The summed E-state index contributed by atoms with van der Waals surface area (Å²) in [5.74, 6) is 0.742. The number of aliphatic hydroxyl groups is 1. The van der Waals surface area contributed by atoms with E-state index in [1.54, 1.807) is 12.3 Å². The largest absolute Gasteiger partial charge is 0.467 e. The highest BCUT2D eigenvalue weighted by molar-refractivity contribution is 5.20. The Kier molecular flexibility index (Phi) is 5.67. The van der Waals surface area contributed by atoms with Gasteiger partial charge >= 0.3 is 0 Å². The van der Waals surface area contributed by atoms with Crippen molar-refractivity contribution in [2.24, 2.45) is 0 Å². The lowest BCUT2D eigenvalue weighted by atomic mass is 10.1. The van der Waals surface area contributed by atoms with E-state index in [-0.39, 0.29) is 18.2 Å². The fourth-order valence-electron chi connectivity index (χ4n) is 3.04. The topological polar surface area (TPSA) is 80.7 Å². The van der Waals surface area contributed by atoms with E-state index in [0.29, 0.717) is 19.7 Å². The molecule has 7 nitrogen and oxygen atoms in total. The van der Waals surface area contributed by atoms with Crippen molar-refractivity contribution >= 4 is 0 Å². The van der Waals surface area contributed by atoms with Gasteiger partial charge in [-0.15, -0.1) is 0 Å². The second kappa shape index (κ2) is 7.95. The normalized spacial score (nSPS) is 16.2. The monoisotopic (exact) mass is 347 g/mol. The second-order valence-corrected chi connectivity index (χ2v) is 6.73. The Morgan fingerprint density at radius 2 is 2.28 bits per heavy atom. The summed E-state index contributed by atoms with van der Waals surface area (Å²) in [7, 11) is 0. The van der Waals surface area contributed by atoms with Crippen molar-refractivity contribution in [2.45, 2.75) is 45.6 Å². The van der Waals surface area contributed by atoms with Gasteiger partial charge in [-0.1, -0.05) is 0 Å². The smallest absolute Gasteiger partial charge is 0.267 e. The number of aromatic nitrogens is 2. The van der Waals surface area contributed by atoms with E-state index in [1.807, 2.05) is 26.0 Å². The fourth-order valence-corrected chi connectivity index (χ4v) is 3.04. The van der Waals surface area contributed by atoms with Crippen LogP contribution >= 0.6 is 0 Å². The van der Waals surface area contributed by atoms with Crippen molar-refractivity contribution in [3.63, 3.8) is 0 Å². The van der Waals surface area contributed by atoms with E-state index in [0.717, 1.165) is 30.0 Å². The molecule has 136 valence electrons. The molecule has 1 unspecified atom stereocenters. The number of rotatable bonds is 7. The Labute approximate surface area is 146 Å². The first-order valence-electron chi connectivity index (χ1n) is 8.65. The molecule has 2 aromatic rings. The third-order valence-corrected chi connectivity index (χ3v) is 4.27. The summed E-state index contributed by atoms with van der Waals surface area (Å²) in [4.78, 5) is 14.2. The van der Waals surface area contributed by atoms with Gasteiger partial charge in [0.1, 0.15) is 12.4 Å². The van der Waals surface area contributed by atoms with Gasteiger partial charge in [-0.3, -0.25) is 9.69 Å². The van der Waals surface area contributed by atoms with Crippen LogP contribution in [0.1, 0.15) is 36.9 Å². The molecule has 3 heterocycles. The first-order chi connectivity index (χ1) is 12.0. The first kappa shape index (κ1) is 17.8. The summed E-state index contributed by atoms with van der Waals surface area (Å²) < 4.78 is 12.2. The molecule has 0 radical (unpaired) electrons. The highest BCUT2D eigenvalue weighted by Gasteiger charge is 2.21. The van der Waals surface area contributed by atoms with Gasteiger partial charge in [0.25, 0.3) is 5.56 Å². The van der Waals surface area contributed by atoms with Crippen LogP contribution in [0, 0.1) is 0 Å². The minimum absolute atomic E-state index is 0.0592. The maximum atomic E-state index is 12.1. The zero-order chi connectivity index (χ0) is 17.8. The molecule has 0 amide bonds. The first-order valence-corrected chi connectivity index (χ1v) is 8.65. The van der Waals surface area contributed by atoms with Crippen LogP contribution in [-0.4, -0.2) is 45.6 Å². The van der Waals surface area contributed by atoms with Crippen LogP contribution in [0.5, 0.6) is 0 Å². The number of nitrogens with zero attached hydrogens (tertiary/aromatic N) is 3. The molecule has 1 atom stereocenters. The van der Waals surface area contributed by atoms with Crippen LogP contribution in [0.3, 0.4) is 0 Å². The minimum atomic E-state index is -0.583. The second-order valence-electron chi connectivity index (χ2n) is 6.73. The summed E-state index contributed by atoms with van der Waals surface area (Å²) in [6.07, 6.45) is 1.80. The quantitative estimate of drug-likeness (QED) is 0.814. The van der Waals surface area contributed by atoms with Gasteiger partial charge in [0.05, 0.1) is 30.7 Å². The standard InChI is InChI=1S/C18H25N3O4/c1-13(2)21-18(23)8-14-9-20(6-5-17(14)19-21)10-15(22)11-24-12-16-4-3-7-25-16/h3-4,7-8,13,15,22H,5-6,9-12H2,1-2H3. The summed E-state index contributed by atoms with van der Waals surface area (Å²) in [5, 5.41) is 14.7. The molecule has 3 rings (SSSR count). The Morgan fingerprint density at radius 3 is 3.00 bits per heavy atom.